The van der Waals surface area contributed by atoms with Crippen LogP contribution < -0.4 is 10.1 Å². The second kappa shape index (κ2) is 5.51. The Morgan fingerprint density at radius 3 is 3.00 bits per heavy atom. The number of fused-ring (bicyclic) bond motifs is 2. The number of methoxy groups -OCH3 is 1. The van der Waals surface area contributed by atoms with Crippen LogP contribution in [0.25, 0.3) is 0 Å². The van der Waals surface area contributed by atoms with Crippen LogP contribution in [0.15, 0.2) is 23.3 Å². The molecular formula is C17H21N3O2S. The van der Waals surface area contributed by atoms with Crippen molar-refractivity contribution >= 4 is 22.8 Å². The molecule has 3 aliphatic rings. The Hall–Kier alpha value is -1.56. The molecule has 1 aromatic rings. The van der Waals surface area contributed by atoms with Crippen molar-refractivity contribution in [2.75, 3.05) is 7.11 Å². The highest BCUT2D eigenvalue weighted by Gasteiger charge is 2.46. The summed E-state index contributed by atoms with van der Waals surface area (Å²) in [5, 5.41) is 3.75. The summed E-state index contributed by atoms with van der Waals surface area (Å²) in [4.78, 5) is 21.6. The molecule has 6 heteroatoms. The zero-order valence-corrected chi connectivity index (χ0v) is 14.2. The van der Waals surface area contributed by atoms with Crippen LogP contribution >= 0.6 is 11.8 Å². The first-order valence-corrected chi connectivity index (χ1v) is 8.99. The van der Waals surface area contributed by atoms with Crippen molar-refractivity contribution in [3.8, 4) is 5.88 Å². The molecule has 23 heavy (non-hydrogen) atoms. The number of rotatable bonds is 3. The summed E-state index contributed by atoms with van der Waals surface area (Å²) in [6, 6.07) is 4.09. The molecule has 2 saturated carbocycles. The molecule has 1 amide bonds. The van der Waals surface area contributed by atoms with E-state index in [0.717, 1.165) is 22.6 Å². The average molecular weight is 331 g/mol. The van der Waals surface area contributed by atoms with Crippen LogP contribution in [0, 0.1) is 11.8 Å². The number of aliphatic imine (C=N–C) groups is 1. The van der Waals surface area contributed by atoms with Gasteiger partial charge in [-0.25, -0.2) is 4.98 Å². The molecule has 122 valence electrons. The molecule has 2 bridgehead atoms. The minimum absolute atomic E-state index is 0.0161. The molecule has 1 N–H and O–H groups in total. The van der Waals surface area contributed by atoms with Crippen LogP contribution in [-0.2, 0) is 9.54 Å². The number of pyridine rings is 1. The predicted molar refractivity (Wildman–Crippen MR) is 90.5 cm³/mol. The first-order valence-electron chi connectivity index (χ1n) is 8.17. The van der Waals surface area contributed by atoms with E-state index in [0.29, 0.717) is 11.9 Å². The number of nitrogens with one attached hydrogen (secondary N) is 1. The molecule has 4 rings (SSSR count). The Morgan fingerprint density at radius 1 is 1.43 bits per heavy atom. The van der Waals surface area contributed by atoms with Gasteiger partial charge in [-0.1, -0.05) is 18.2 Å². The highest BCUT2D eigenvalue weighted by atomic mass is 32.2. The molecule has 2 heterocycles. The van der Waals surface area contributed by atoms with E-state index >= 15 is 0 Å². The maximum absolute atomic E-state index is 12.6. The number of carbonyl (C=O) groups is 1. The lowest BCUT2D eigenvalue weighted by Gasteiger charge is -2.20. The number of carbonyl (C=O) groups excluding carboxylic acids is 1. The summed E-state index contributed by atoms with van der Waals surface area (Å²) >= 11 is 1.51. The van der Waals surface area contributed by atoms with Gasteiger partial charge in [0.05, 0.1) is 13.2 Å². The number of ether oxygens (including phenoxy) is 1. The van der Waals surface area contributed by atoms with E-state index in [1.54, 1.807) is 13.3 Å². The maximum atomic E-state index is 12.6. The van der Waals surface area contributed by atoms with Gasteiger partial charge in [-0.15, -0.1) is 0 Å². The fraction of sp³-hybridized carbons (Fsp3) is 0.588. The second-order valence-electron chi connectivity index (χ2n) is 6.85. The Labute approximate surface area is 140 Å². The monoisotopic (exact) mass is 331 g/mol. The highest BCUT2D eigenvalue weighted by molar-refractivity contribution is 8.15. The van der Waals surface area contributed by atoms with Crippen molar-refractivity contribution in [3.63, 3.8) is 0 Å². The van der Waals surface area contributed by atoms with Gasteiger partial charge in [0, 0.05) is 12.3 Å². The van der Waals surface area contributed by atoms with Crippen LogP contribution in [0.1, 0.15) is 38.2 Å². The molecular weight excluding hydrogens is 310 g/mol. The van der Waals surface area contributed by atoms with Gasteiger partial charge in [-0.05, 0) is 49.7 Å². The van der Waals surface area contributed by atoms with Gasteiger partial charge in [-0.2, -0.15) is 0 Å². The smallest absolute Gasteiger partial charge is 0.246 e. The third kappa shape index (κ3) is 2.53. The summed E-state index contributed by atoms with van der Waals surface area (Å²) in [5.74, 6) is 2.08. The summed E-state index contributed by atoms with van der Waals surface area (Å²) in [7, 11) is 1.58. The summed E-state index contributed by atoms with van der Waals surface area (Å²) in [5.41, 5.74) is 0.894. The normalized spacial score (nSPS) is 37.4. The van der Waals surface area contributed by atoms with E-state index in [1.165, 1.54) is 37.4 Å². The molecule has 5 nitrogen and oxygen atoms in total. The molecule has 0 radical (unpaired) electrons. The number of hydrogen-bond acceptors (Lipinski definition) is 5. The Balaban J connectivity index is 1.57. The SMILES string of the molecule is COc1cc([C@]2(C)SC(=N[C@H]3C[C@@H]4CC[C@H]3C4)NC2=O)ccn1. The van der Waals surface area contributed by atoms with Crippen molar-refractivity contribution in [2.24, 2.45) is 16.8 Å². The average Bonchev–Trinajstić information content (AvgIpc) is 3.24. The quantitative estimate of drug-likeness (QED) is 0.925. The standard InChI is InChI=1S/C17H21N3O2S/c1-17(12-5-6-18-14(9-12)22-2)15(21)20-16(23-17)19-13-8-10-3-4-11(13)7-10/h5-6,9-11,13H,3-4,7-8H2,1-2H3,(H,19,20,21)/t10-,11+,13+,17+/m1/s1. The van der Waals surface area contributed by atoms with Gasteiger partial charge in [0.2, 0.25) is 11.8 Å². The predicted octanol–water partition coefficient (Wildman–Crippen LogP) is 2.71. The maximum Gasteiger partial charge on any atom is 0.246 e. The van der Waals surface area contributed by atoms with Crippen LogP contribution in [0.4, 0.5) is 0 Å². The van der Waals surface area contributed by atoms with E-state index < -0.39 is 4.75 Å². The molecule has 0 aromatic carbocycles. The van der Waals surface area contributed by atoms with Gasteiger partial charge >= 0.3 is 0 Å². The van der Waals surface area contributed by atoms with Gasteiger partial charge < -0.3 is 10.1 Å². The number of amides is 1. The van der Waals surface area contributed by atoms with Crippen LogP contribution in [0.5, 0.6) is 5.88 Å². The van der Waals surface area contributed by atoms with Crippen LogP contribution in [0.2, 0.25) is 0 Å². The molecule has 2 aliphatic carbocycles. The number of aromatic nitrogens is 1. The van der Waals surface area contributed by atoms with Crippen molar-refractivity contribution in [1.29, 1.82) is 0 Å². The Morgan fingerprint density at radius 2 is 2.30 bits per heavy atom. The topological polar surface area (TPSA) is 63.6 Å². The van der Waals surface area contributed by atoms with Gasteiger partial charge in [0.15, 0.2) is 5.17 Å². The zero-order chi connectivity index (χ0) is 16.0. The Bertz CT molecular complexity index is 678. The molecule has 4 atom stereocenters. The van der Waals surface area contributed by atoms with Gasteiger partial charge in [-0.3, -0.25) is 9.79 Å². The molecule has 1 aliphatic heterocycles. The number of hydrogen-bond donors (Lipinski definition) is 1. The van der Waals surface area contributed by atoms with Crippen molar-refractivity contribution in [2.45, 2.75) is 43.4 Å². The lowest BCUT2D eigenvalue weighted by Crippen LogP contribution is -2.32. The highest BCUT2D eigenvalue weighted by Crippen LogP contribution is 2.47. The third-order valence-corrected chi connectivity index (χ3v) is 6.66. The van der Waals surface area contributed by atoms with E-state index in [4.69, 9.17) is 9.73 Å². The lowest BCUT2D eigenvalue weighted by molar-refractivity contribution is -0.121. The minimum Gasteiger partial charge on any atom is -0.481 e. The number of nitrogens with zero attached hydrogens (tertiary/aromatic N) is 2. The zero-order valence-electron chi connectivity index (χ0n) is 13.4. The van der Waals surface area contributed by atoms with E-state index in [2.05, 4.69) is 10.3 Å². The lowest BCUT2D eigenvalue weighted by atomic mass is 9.96. The van der Waals surface area contributed by atoms with Crippen molar-refractivity contribution in [1.82, 2.24) is 10.3 Å². The van der Waals surface area contributed by atoms with Gasteiger partial charge in [0.1, 0.15) is 4.75 Å². The molecule has 0 spiro atoms. The van der Waals surface area contributed by atoms with Crippen molar-refractivity contribution in [3.05, 3.63) is 23.9 Å². The second-order valence-corrected chi connectivity index (χ2v) is 8.26. The van der Waals surface area contributed by atoms with Crippen LogP contribution in [-0.4, -0.2) is 29.2 Å². The summed E-state index contributed by atoms with van der Waals surface area (Å²) < 4.78 is 4.51. The minimum atomic E-state index is -0.674. The molecule has 3 fully saturated rings. The summed E-state index contributed by atoms with van der Waals surface area (Å²) in [6.07, 6.45) is 6.84. The fourth-order valence-electron chi connectivity index (χ4n) is 4.07. The first kappa shape index (κ1) is 15.0. The van der Waals surface area contributed by atoms with Crippen LogP contribution in [0.3, 0.4) is 0 Å². The molecule has 0 unspecified atom stereocenters. The molecule has 1 saturated heterocycles. The van der Waals surface area contributed by atoms with E-state index in [-0.39, 0.29) is 5.91 Å². The third-order valence-electron chi connectivity index (χ3n) is 5.43. The Kier molecular flexibility index (Phi) is 3.59. The number of thioether (sulfide) groups is 1. The van der Waals surface area contributed by atoms with Gasteiger partial charge in [0.25, 0.3) is 0 Å². The first-order chi connectivity index (χ1) is 11.1. The molecule has 1 aromatic heterocycles. The van der Waals surface area contributed by atoms with E-state index in [9.17, 15) is 4.79 Å². The van der Waals surface area contributed by atoms with E-state index in [1.807, 2.05) is 19.1 Å². The largest absolute Gasteiger partial charge is 0.481 e. The van der Waals surface area contributed by atoms with Crippen molar-refractivity contribution < 1.29 is 9.53 Å². The summed E-state index contributed by atoms with van der Waals surface area (Å²) in [6.45, 7) is 1.94. The number of amidine groups is 1. The fourth-order valence-corrected chi connectivity index (χ4v) is 5.17.